The van der Waals surface area contributed by atoms with E-state index in [0.717, 1.165) is 0 Å². The molecular weight excluding hydrogens is 737 g/mol. The van der Waals surface area contributed by atoms with Crippen LogP contribution in [-0.2, 0) is 9.59 Å². The molecule has 1 aromatic heterocycles. The first-order chi connectivity index (χ1) is 25.9. The van der Waals surface area contributed by atoms with Crippen LogP contribution in [0.5, 0.6) is 0 Å². The summed E-state index contributed by atoms with van der Waals surface area (Å²) >= 11 is 12.7. The topological polar surface area (TPSA) is 96.5 Å². The smallest absolute Gasteiger partial charge is 0.186 e. The molecule has 2 aliphatic rings. The first-order valence-electron chi connectivity index (χ1n) is 18.7. The molecule has 0 saturated heterocycles. The normalized spacial score (nSPS) is 16.0. The maximum atomic E-state index is 14.0. The van der Waals surface area contributed by atoms with Gasteiger partial charge < -0.3 is 0 Å². The van der Waals surface area contributed by atoms with E-state index < -0.39 is 21.7 Å². The van der Waals surface area contributed by atoms with Crippen LogP contribution < -0.4 is 0 Å². The van der Waals surface area contributed by atoms with Crippen molar-refractivity contribution < 1.29 is 9.59 Å². The molecule has 0 unspecified atom stereocenters. The molecule has 0 spiro atoms. The number of nitrogens with zero attached hydrogens (tertiary/aromatic N) is 5. The van der Waals surface area contributed by atoms with E-state index in [-0.39, 0.29) is 11.6 Å². The van der Waals surface area contributed by atoms with Crippen molar-refractivity contribution in [3.8, 4) is 0 Å². The predicted octanol–water partition coefficient (Wildman–Crippen LogP) is 14.4. The lowest BCUT2D eigenvalue weighted by atomic mass is 9.71. The van der Waals surface area contributed by atoms with Crippen molar-refractivity contribution in [3.63, 3.8) is 0 Å². The highest BCUT2D eigenvalue weighted by atomic mass is 35.5. The molecule has 290 valence electrons. The number of carbonyl (C=O) groups is 2. The Morgan fingerprint density at radius 2 is 0.786 bits per heavy atom. The van der Waals surface area contributed by atoms with Crippen molar-refractivity contribution in [1.82, 2.24) is 4.98 Å². The molecule has 2 aliphatic carbocycles. The molecule has 56 heavy (non-hydrogen) atoms. The molecule has 0 aliphatic heterocycles. The van der Waals surface area contributed by atoms with E-state index in [0.29, 0.717) is 77.6 Å². The van der Waals surface area contributed by atoms with Crippen molar-refractivity contribution >= 4 is 57.5 Å². The molecule has 0 bridgehead atoms. The Balaban J connectivity index is 1.86. The monoisotopic (exact) mass is 787 g/mol. The fourth-order valence-electron chi connectivity index (χ4n) is 6.26. The van der Waals surface area contributed by atoms with E-state index in [1.165, 1.54) is 0 Å². The molecule has 9 heteroatoms. The van der Waals surface area contributed by atoms with Gasteiger partial charge in [0.2, 0.25) is 0 Å². The number of hydrogen-bond donors (Lipinski definition) is 0. The Labute approximate surface area is 341 Å². The van der Waals surface area contributed by atoms with Crippen LogP contribution in [-0.4, -0.2) is 16.6 Å². The lowest BCUT2D eigenvalue weighted by Gasteiger charge is -2.31. The Bertz CT molecular complexity index is 2110. The first-order valence-corrected chi connectivity index (χ1v) is 19.5. The number of ketones is 2. The maximum absolute atomic E-state index is 14.0. The van der Waals surface area contributed by atoms with Gasteiger partial charge in [0, 0.05) is 43.5 Å². The lowest BCUT2D eigenvalue weighted by Crippen LogP contribution is -2.28. The standard InChI is InChI=1S/C47H51Cl2N5O2/c1-44(2,3)34-22-28(23-35(42(34)55)45(4,5)6)40(53-51-32-18-13-16-30(48)26-32)38-20-15-21-39(50-38)41(54-52-33-19-14-17-31(49)27-33)29-24-36(46(7,8)9)43(56)37(25-29)47(10,11)12/h13-27H,1-12H3. The number of Topliss-reactive ketones (excluding diaryl/α,β-unsaturated/α-hetero) is 2. The largest absolute Gasteiger partial charge is 0.289 e. The third kappa shape index (κ3) is 9.93. The number of aromatic nitrogens is 1. The van der Waals surface area contributed by atoms with Gasteiger partial charge in [0.05, 0.1) is 22.8 Å². The van der Waals surface area contributed by atoms with E-state index in [4.69, 9.17) is 38.4 Å². The van der Waals surface area contributed by atoms with Crippen LogP contribution in [0.15, 0.2) is 145 Å². The van der Waals surface area contributed by atoms with Crippen LogP contribution in [0.25, 0.3) is 11.4 Å². The van der Waals surface area contributed by atoms with Crippen LogP contribution in [0.4, 0.5) is 11.4 Å². The van der Waals surface area contributed by atoms with Gasteiger partial charge in [0.15, 0.2) is 11.6 Å². The summed E-state index contributed by atoms with van der Waals surface area (Å²) < 4.78 is 0. The highest BCUT2D eigenvalue weighted by molar-refractivity contribution is 6.31. The molecule has 0 amide bonds. The highest BCUT2D eigenvalue weighted by Crippen LogP contribution is 2.43. The summed E-state index contributed by atoms with van der Waals surface area (Å²) in [5, 5.41) is 20.0. The minimum atomic E-state index is -0.456. The molecule has 7 nitrogen and oxygen atoms in total. The second-order valence-electron chi connectivity index (χ2n) is 18.3. The van der Waals surface area contributed by atoms with Crippen LogP contribution in [0, 0.1) is 21.7 Å². The Hall–Kier alpha value is -4.85. The fourth-order valence-corrected chi connectivity index (χ4v) is 6.63. The van der Waals surface area contributed by atoms with E-state index >= 15 is 0 Å². The summed E-state index contributed by atoms with van der Waals surface area (Å²) in [6, 6.07) is 19.9. The van der Waals surface area contributed by atoms with Gasteiger partial charge >= 0.3 is 0 Å². The third-order valence-corrected chi connectivity index (χ3v) is 9.81. The zero-order chi connectivity index (χ0) is 41.4. The molecular formula is C47H51Cl2N5O2. The van der Waals surface area contributed by atoms with Gasteiger partial charge in [-0.2, -0.15) is 10.2 Å². The Morgan fingerprint density at radius 1 is 0.482 bits per heavy atom. The van der Waals surface area contributed by atoms with E-state index in [9.17, 15) is 9.59 Å². The summed E-state index contributed by atoms with van der Waals surface area (Å²) in [6.45, 7) is 24.4. The molecule has 5 rings (SSSR count). The van der Waals surface area contributed by atoms with Crippen LogP contribution >= 0.6 is 23.2 Å². The molecule has 0 radical (unpaired) electrons. The summed E-state index contributed by atoms with van der Waals surface area (Å²) in [6.07, 6.45) is 7.61. The second-order valence-corrected chi connectivity index (χ2v) is 19.1. The number of azo groups is 2. The number of benzene rings is 2. The fraction of sp³-hybridized carbons (Fsp3) is 0.340. The summed E-state index contributed by atoms with van der Waals surface area (Å²) in [7, 11) is 0. The number of rotatable bonds is 6. The summed E-state index contributed by atoms with van der Waals surface area (Å²) in [4.78, 5) is 33.1. The number of carbonyl (C=O) groups excluding carboxylic acids is 2. The number of hydrogen-bond acceptors (Lipinski definition) is 7. The number of pyridine rings is 1. The van der Waals surface area contributed by atoms with Crippen LogP contribution in [0.2, 0.25) is 10.0 Å². The van der Waals surface area contributed by atoms with Crippen LogP contribution in [0.1, 0.15) is 94.5 Å². The highest BCUT2D eigenvalue weighted by Gasteiger charge is 2.36. The van der Waals surface area contributed by atoms with E-state index in [2.05, 4.69) is 10.2 Å². The lowest BCUT2D eigenvalue weighted by molar-refractivity contribution is -0.114. The van der Waals surface area contributed by atoms with Crippen LogP contribution in [0.3, 0.4) is 0 Å². The van der Waals surface area contributed by atoms with Gasteiger partial charge in [0.25, 0.3) is 0 Å². The molecule has 0 N–H and O–H groups in total. The van der Waals surface area contributed by atoms with Gasteiger partial charge in [0.1, 0.15) is 11.4 Å². The van der Waals surface area contributed by atoms with Crippen molar-refractivity contribution in [2.75, 3.05) is 0 Å². The quantitative estimate of drug-likeness (QED) is 0.233. The van der Waals surface area contributed by atoms with Crippen molar-refractivity contribution in [3.05, 3.63) is 146 Å². The summed E-state index contributed by atoms with van der Waals surface area (Å²) in [5.74, 6) is 0.00882. The SMILES string of the molecule is CC(C)(C)C1=CC(=C(N=Nc2cccc(Cl)c2)c2cccc(C(N=Nc3cccc(Cl)c3)=C3C=C(C(C)(C)C)C(=O)C(C(C)(C)C)=C3)n2)C=C(C(C)(C)C)C1=O. The van der Waals surface area contributed by atoms with Crippen molar-refractivity contribution in [2.24, 2.45) is 42.1 Å². The van der Waals surface area contributed by atoms with Gasteiger partial charge in [-0.25, -0.2) is 4.98 Å². The first kappa shape index (κ1) is 42.3. The number of allylic oxidation sites excluding steroid dienone is 10. The average Bonchev–Trinajstić information content (AvgIpc) is 3.07. The zero-order valence-electron chi connectivity index (χ0n) is 34.5. The van der Waals surface area contributed by atoms with Gasteiger partial charge in [-0.05, 0) is 94.5 Å². The van der Waals surface area contributed by atoms with E-state index in [1.807, 2.05) is 150 Å². The van der Waals surface area contributed by atoms with Crippen molar-refractivity contribution in [2.45, 2.75) is 83.1 Å². The summed E-state index contributed by atoms with van der Waals surface area (Å²) in [5.41, 5.74) is 5.23. The molecule has 0 saturated carbocycles. The second kappa shape index (κ2) is 16.0. The van der Waals surface area contributed by atoms with E-state index in [1.54, 1.807) is 24.3 Å². The zero-order valence-corrected chi connectivity index (χ0v) is 36.0. The van der Waals surface area contributed by atoms with Gasteiger partial charge in [-0.1, -0.05) is 124 Å². The Morgan fingerprint density at radius 3 is 1.07 bits per heavy atom. The Kier molecular flexibility index (Phi) is 12.0. The number of halogens is 2. The third-order valence-electron chi connectivity index (χ3n) is 9.34. The molecule has 1 heterocycles. The minimum Gasteiger partial charge on any atom is -0.289 e. The molecule has 2 aromatic carbocycles. The van der Waals surface area contributed by atoms with Crippen molar-refractivity contribution in [1.29, 1.82) is 0 Å². The predicted molar refractivity (Wildman–Crippen MR) is 230 cm³/mol. The molecule has 3 aromatic rings. The van der Waals surface area contributed by atoms with Gasteiger partial charge in [-0.3, -0.25) is 9.59 Å². The molecule has 0 atom stereocenters. The molecule has 0 fully saturated rings. The van der Waals surface area contributed by atoms with Gasteiger partial charge in [-0.15, -0.1) is 10.2 Å². The average molecular weight is 789 g/mol. The minimum absolute atomic E-state index is 0.00441. The maximum Gasteiger partial charge on any atom is 0.186 e.